The number of carbonyl (C=O) groups excluding carboxylic acids is 1. The lowest BCUT2D eigenvalue weighted by atomic mass is 10.2. The van der Waals surface area contributed by atoms with Crippen molar-refractivity contribution in [2.24, 2.45) is 0 Å². The molecule has 0 atom stereocenters. The molecule has 0 heterocycles. The van der Waals surface area contributed by atoms with Gasteiger partial charge in [-0.3, -0.25) is 4.79 Å². The van der Waals surface area contributed by atoms with Crippen molar-refractivity contribution in [2.45, 2.75) is 25.2 Å². The third-order valence-electron chi connectivity index (χ3n) is 3.76. The highest BCUT2D eigenvalue weighted by Crippen LogP contribution is 2.16. The van der Waals surface area contributed by atoms with Crippen LogP contribution in [0.1, 0.15) is 18.9 Å². The zero-order chi connectivity index (χ0) is 20.4. The van der Waals surface area contributed by atoms with Gasteiger partial charge < -0.3 is 14.2 Å². The van der Waals surface area contributed by atoms with E-state index in [9.17, 15) is 13.2 Å². The van der Waals surface area contributed by atoms with Gasteiger partial charge in [0.05, 0.1) is 17.9 Å². The molecular formula is C20H25NO6S. The van der Waals surface area contributed by atoms with Gasteiger partial charge in [-0.25, -0.2) is 13.1 Å². The summed E-state index contributed by atoms with van der Waals surface area (Å²) in [5, 5.41) is 0. The van der Waals surface area contributed by atoms with Gasteiger partial charge in [-0.05, 0) is 49.7 Å². The Morgan fingerprint density at radius 1 is 1.00 bits per heavy atom. The number of benzene rings is 2. The Morgan fingerprint density at radius 3 is 2.39 bits per heavy atom. The average molecular weight is 407 g/mol. The van der Waals surface area contributed by atoms with Gasteiger partial charge in [0.1, 0.15) is 24.7 Å². The lowest BCUT2D eigenvalue weighted by Crippen LogP contribution is -2.27. The van der Waals surface area contributed by atoms with E-state index >= 15 is 0 Å². The molecule has 2 aromatic carbocycles. The first kappa shape index (κ1) is 21.7. The Bertz CT molecular complexity index is 865. The Balaban J connectivity index is 1.68. The number of rotatable bonds is 11. The maximum absolute atomic E-state index is 12.2. The molecule has 2 rings (SSSR count). The molecular weight excluding hydrogens is 382 g/mol. The van der Waals surface area contributed by atoms with Gasteiger partial charge in [0.2, 0.25) is 10.0 Å². The van der Waals surface area contributed by atoms with Gasteiger partial charge in [0.25, 0.3) is 0 Å². The van der Waals surface area contributed by atoms with Crippen molar-refractivity contribution in [2.75, 3.05) is 26.4 Å². The largest absolute Gasteiger partial charge is 0.494 e. The number of carbonyl (C=O) groups is 1. The zero-order valence-electron chi connectivity index (χ0n) is 16.0. The van der Waals surface area contributed by atoms with Crippen LogP contribution in [0.4, 0.5) is 0 Å². The molecule has 0 unspecified atom stereocenters. The molecule has 0 spiro atoms. The van der Waals surface area contributed by atoms with Crippen LogP contribution in [0.3, 0.4) is 0 Å². The van der Waals surface area contributed by atoms with Crippen LogP contribution in [-0.2, 0) is 19.6 Å². The second kappa shape index (κ2) is 10.7. The second-order valence-electron chi connectivity index (χ2n) is 5.89. The minimum absolute atomic E-state index is 0.0486. The quantitative estimate of drug-likeness (QED) is 0.455. The van der Waals surface area contributed by atoms with Gasteiger partial charge >= 0.3 is 5.97 Å². The smallest absolute Gasteiger partial charge is 0.307 e. The SMILES string of the molecule is CCOc1ccc(S(=O)(=O)NCCC(=O)OCCOc2ccccc2C)cc1. The van der Waals surface area contributed by atoms with E-state index in [4.69, 9.17) is 14.2 Å². The van der Waals surface area contributed by atoms with Gasteiger partial charge in [-0.2, -0.15) is 0 Å². The van der Waals surface area contributed by atoms with E-state index in [2.05, 4.69) is 4.72 Å². The summed E-state index contributed by atoms with van der Waals surface area (Å²) in [5.41, 5.74) is 0.998. The molecule has 2 aromatic rings. The van der Waals surface area contributed by atoms with Crippen molar-refractivity contribution in [3.05, 3.63) is 54.1 Å². The maximum Gasteiger partial charge on any atom is 0.307 e. The van der Waals surface area contributed by atoms with Crippen molar-refractivity contribution in [1.82, 2.24) is 4.72 Å². The van der Waals surface area contributed by atoms with Crippen molar-refractivity contribution in [3.63, 3.8) is 0 Å². The summed E-state index contributed by atoms with van der Waals surface area (Å²) >= 11 is 0. The summed E-state index contributed by atoms with van der Waals surface area (Å²) in [6, 6.07) is 13.6. The maximum atomic E-state index is 12.2. The van der Waals surface area contributed by atoms with Crippen LogP contribution >= 0.6 is 0 Å². The highest BCUT2D eigenvalue weighted by atomic mass is 32.2. The molecule has 0 aliphatic rings. The van der Waals surface area contributed by atoms with Crippen molar-refractivity contribution < 1.29 is 27.4 Å². The van der Waals surface area contributed by atoms with Gasteiger partial charge in [-0.15, -0.1) is 0 Å². The summed E-state index contributed by atoms with van der Waals surface area (Å²) in [7, 11) is -3.69. The number of sulfonamides is 1. The molecule has 0 aromatic heterocycles. The first-order valence-electron chi connectivity index (χ1n) is 8.99. The van der Waals surface area contributed by atoms with Crippen LogP contribution in [-0.4, -0.2) is 40.8 Å². The minimum atomic E-state index is -3.69. The molecule has 0 aliphatic heterocycles. The molecule has 0 bridgehead atoms. The monoisotopic (exact) mass is 407 g/mol. The number of nitrogens with one attached hydrogen (secondary N) is 1. The lowest BCUT2D eigenvalue weighted by Gasteiger charge is -2.10. The number of aryl methyl sites for hydroxylation is 1. The molecule has 8 heteroatoms. The Labute approximate surface area is 165 Å². The highest BCUT2D eigenvalue weighted by Gasteiger charge is 2.14. The second-order valence-corrected chi connectivity index (χ2v) is 7.65. The fraction of sp³-hybridized carbons (Fsp3) is 0.350. The van der Waals surface area contributed by atoms with Crippen molar-refractivity contribution >= 4 is 16.0 Å². The molecule has 0 saturated carbocycles. The van der Waals surface area contributed by atoms with E-state index in [1.807, 2.05) is 38.1 Å². The summed E-state index contributed by atoms with van der Waals surface area (Å²) in [6.07, 6.45) is -0.0688. The fourth-order valence-electron chi connectivity index (χ4n) is 2.35. The molecule has 0 radical (unpaired) electrons. The van der Waals surface area contributed by atoms with Gasteiger partial charge in [-0.1, -0.05) is 18.2 Å². The Hall–Kier alpha value is -2.58. The molecule has 1 N–H and O–H groups in total. The number of ether oxygens (including phenoxy) is 3. The van der Waals surface area contributed by atoms with E-state index in [1.54, 1.807) is 12.1 Å². The number of hydrogen-bond donors (Lipinski definition) is 1. The van der Waals surface area contributed by atoms with Crippen LogP contribution < -0.4 is 14.2 Å². The molecule has 28 heavy (non-hydrogen) atoms. The van der Waals surface area contributed by atoms with Crippen LogP contribution in [0.25, 0.3) is 0 Å². The fourth-order valence-corrected chi connectivity index (χ4v) is 3.38. The normalized spacial score (nSPS) is 11.1. The average Bonchev–Trinajstić information content (AvgIpc) is 2.67. The van der Waals surface area contributed by atoms with Crippen LogP contribution in [0, 0.1) is 6.92 Å². The predicted octanol–water partition coefficient (Wildman–Crippen LogP) is 2.68. The van der Waals surface area contributed by atoms with E-state index in [-0.39, 0.29) is 31.1 Å². The minimum Gasteiger partial charge on any atom is -0.494 e. The molecule has 0 amide bonds. The third-order valence-corrected chi connectivity index (χ3v) is 5.24. The standard InChI is InChI=1S/C20H25NO6S/c1-3-25-17-8-10-18(11-9-17)28(23,24)21-13-12-20(22)27-15-14-26-19-7-5-4-6-16(19)2/h4-11,21H,3,12-15H2,1-2H3. The number of para-hydroxylation sites is 1. The molecule has 7 nitrogen and oxygen atoms in total. The first-order valence-corrected chi connectivity index (χ1v) is 10.5. The first-order chi connectivity index (χ1) is 13.4. The van der Waals surface area contributed by atoms with Crippen LogP contribution in [0.2, 0.25) is 0 Å². The molecule has 0 fully saturated rings. The van der Waals surface area contributed by atoms with Crippen LogP contribution in [0.15, 0.2) is 53.4 Å². The van der Waals surface area contributed by atoms with E-state index < -0.39 is 16.0 Å². The van der Waals surface area contributed by atoms with Gasteiger partial charge in [0, 0.05) is 6.54 Å². The highest BCUT2D eigenvalue weighted by molar-refractivity contribution is 7.89. The zero-order valence-corrected chi connectivity index (χ0v) is 16.8. The molecule has 152 valence electrons. The Morgan fingerprint density at radius 2 is 1.71 bits per heavy atom. The van der Waals surface area contributed by atoms with E-state index in [1.165, 1.54) is 12.1 Å². The number of hydrogen-bond acceptors (Lipinski definition) is 6. The number of esters is 1. The Kier molecular flexibility index (Phi) is 8.28. The third kappa shape index (κ3) is 6.86. The van der Waals surface area contributed by atoms with E-state index in [0.717, 1.165) is 11.3 Å². The summed E-state index contributed by atoms with van der Waals surface area (Å²) in [4.78, 5) is 11.8. The van der Waals surface area contributed by atoms with Crippen molar-refractivity contribution in [1.29, 1.82) is 0 Å². The summed E-state index contributed by atoms with van der Waals surface area (Å²) in [5.74, 6) is 0.836. The van der Waals surface area contributed by atoms with Gasteiger partial charge in [0.15, 0.2) is 0 Å². The summed E-state index contributed by atoms with van der Waals surface area (Å²) < 4.78 is 42.7. The molecule has 0 aliphatic carbocycles. The van der Waals surface area contributed by atoms with E-state index in [0.29, 0.717) is 12.4 Å². The summed E-state index contributed by atoms with van der Waals surface area (Å²) in [6.45, 7) is 4.56. The van der Waals surface area contributed by atoms with Crippen molar-refractivity contribution in [3.8, 4) is 11.5 Å². The van der Waals surface area contributed by atoms with Crippen LogP contribution in [0.5, 0.6) is 11.5 Å². The molecule has 0 saturated heterocycles. The lowest BCUT2D eigenvalue weighted by molar-refractivity contribution is -0.144. The predicted molar refractivity (Wildman–Crippen MR) is 105 cm³/mol. The topological polar surface area (TPSA) is 90.9 Å².